The Bertz CT molecular complexity index is 473. The molecule has 0 spiro atoms. The molecule has 0 radical (unpaired) electrons. The number of carbonyl (C=O) groups excluding carboxylic acids is 1. The fourth-order valence-electron chi connectivity index (χ4n) is 1.44. The predicted octanol–water partition coefficient (Wildman–Crippen LogP) is 1.24. The molecule has 0 fully saturated rings. The predicted molar refractivity (Wildman–Crippen MR) is 47.7 cm³/mol. The number of carbonyl (C=O) groups is 1. The van der Waals surface area contributed by atoms with Crippen LogP contribution in [0.5, 0.6) is 0 Å². The van der Waals surface area contributed by atoms with Crippen molar-refractivity contribution < 1.29 is 4.79 Å². The Kier molecular flexibility index (Phi) is 1.62. The smallest absolute Gasteiger partial charge is 0.163 e. The minimum absolute atomic E-state index is 0.0282. The quantitative estimate of drug-likeness (QED) is 0.612. The molecule has 2 aromatic rings. The molecule has 13 heavy (non-hydrogen) atoms. The molecule has 0 unspecified atom stereocenters. The lowest BCUT2D eigenvalue weighted by Gasteiger charge is -1.91. The van der Waals surface area contributed by atoms with Gasteiger partial charge in [0.05, 0.1) is 16.8 Å². The Morgan fingerprint density at radius 2 is 2.31 bits per heavy atom. The van der Waals surface area contributed by atoms with E-state index >= 15 is 0 Å². The van der Waals surface area contributed by atoms with Crippen LogP contribution >= 0.6 is 0 Å². The van der Waals surface area contributed by atoms with Crippen LogP contribution in [0.25, 0.3) is 5.52 Å². The number of ketones is 1. The molecule has 66 valence electrons. The summed E-state index contributed by atoms with van der Waals surface area (Å²) in [5, 5.41) is 8.12. The van der Waals surface area contributed by atoms with Crippen molar-refractivity contribution in [2.45, 2.75) is 13.8 Å². The standard InChI is InChI=1S/C9H9N3O/c1-6-9(7(2)13)8-4-3-5-10-12(8)11-6/h3-5H,1-2H3. The van der Waals surface area contributed by atoms with Crippen molar-refractivity contribution in [3.8, 4) is 0 Å². The van der Waals surface area contributed by atoms with E-state index in [2.05, 4.69) is 10.2 Å². The SMILES string of the molecule is CC(=O)c1c(C)nn2ncccc12. The third-order valence-corrected chi connectivity index (χ3v) is 1.95. The van der Waals surface area contributed by atoms with E-state index in [4.69, 9.17) is 0 Å². The van der Waals surface area contributed by atoms with Crippen molar-refractivity contribution in [3.63, 3.8) is 0 Å². The second-order valence-corrected chi connectivity index (χ2v) is 2.91. The number of aromatic nitrogens is 3. The Balaban J connectivity index is 2.86. The molecule has 2 rings (SSSR count). The molecule has 0 aliphatic carbocycles. The van der Waals surface area contributed by atoms with Crippen LogP contribution in [0, 0.1) is 6.92 Å². The first-order chi connectivity index (χ1) is 6.20. The highest BCUT2D eigenvalue weighted by molar-refractivity contribution is 6.01. The number of fused-ring (bicyclic) bond motifs is 1. The van der Waals surface area contributed by atoms with Gasteiger partial charge in [-0.05, 0) is 26.0 Å². The Morgan fingerprint density at radius 1 is 1.54 bits per heavy atom. The average Bonchev–Trinajstić information content (AvgIpc) is 2.39. The van der Waals surface area contributed by atoms with E-state index in [-0.39, 0.29) is 5.78 Å². The van der Waals surface area contributed by atoms with Crippen molar-refractivity contribution in [2.75, 3.05) is 0 Å². The maximum absolute atomic E-state index is 11.3. The highest BCUT2D eigenvalue weighted by Gasteiger charge is 2.12. The van der Waals surface area contributed by atoms with Gasteiger partial charge in [0.1, 0.15) is 0 Å². The largest absolute Gasteiger partial charge is 0.294 e. The molecular weight excluding hydrogens is 166 g/mol. The van der Waals surface area contributed by atoms with Crippen LogP contribution in [-0.2, 0) is 0 Å². The van der Waals surface area contributed by atoms with Crippen LogP contribution in [0.1, 0.15) is 23.0 Å². The Morgan fingerprint density at radius 3 is 3.00 bits per heavy atom. The van der Waals surface area contributed by atoms with Gasteiger partial charge in [0.2, 0.25) is 0 Å². The molecule has 0 saturated heterocycles. The summed E-state index contributed by atoms with van der Waals surface area (Å²) in [5.41, 5.74) is 2.16. The third kappa shape index (κ3) is 1.11. The number of Topliss-reactive ketones (excluding diaryl/α,β-unsaturated/α-hetero) is 1. The van der Waals surface area contributed by atoms with Gasteiger partial charge in [0, 0.05) is 6.20 Å². The maximum atomic E-state index is 11.3. The van der Waals surface area contributed by atoms with Crippen molar-refractivity contribution >= 4 is 11.3 Å². The summed E-state index contributed by atoms with van der Waals surface area (Å²) in [7, 11) is 0. The van der Waals surface area contributed by atoms with Crippen LogP contribution in [0.15, 0.2) is 18.3 Å². The molecule has 0 aliphatic heterocycles. The summed E-state index contributed by atoms with van der Waals surface area (Å²) in [6, 6.07) is 3.63. The number of aryl methyl sites for hydroxylation is 1. The van der Waals surface area contributed by atoms with Gasteiger partial charge < -0.3 is 0 Å². The molecule has 4 nitrogen and oxygen atoms in total. The average molecular weight is 175 g/mol. The lowest BCUT2D eigenvalue weighted by Crippen LogP contribution is -1.94. The molecule has 4 heteroatoms. The number of nitrogens with zero attached hydrogens (tertiary/aromatic N) is 3. The van der Waals surface area contributed by atoms with E-state index in [1.165, 1.54) is 11.6 Å². The van der Waals surface area contributed by atoms with Crippen LogP contribution in [0.2, 0.25) is 0 Å². The Hall–Kier alpha value is -1.71. The van der Waals surface area contributed by atoms with Gasteiger partial charge in [-0.25, -0.2) is 0 Å². The highest BCUT2D eigenvalue weighted by atomic mass is 16.1. The minimum Gasteiger partial charge on any atom is -0.294 e. The molecule has 2 heterocycles. The van der Waals surface area contributed by atoms with Crippen molar-refractivity contribution in [3.05, 3.63) is 29.6 Å². The third-order valence-electron chi connectivity index (χ3n) is 1.95. The molecule has 0 atom stereocenters. The van der Waals surface area contributed by atoms with Gasteiger partial charge in [-0.3, -0.25) is 4.79 Å². The van der Waals surface area contributed by atoms with Crippen LogP contribution in [0.3, 0.4) is 0 Å². The summed E-state index contributed by atoms with van der Waals surface area (Å²) in [5.74, 6) is 0.0282. The van der Waals surface area contributed by atoms with E-state index < -0.39 is 0 Å². The zero-order chi connectivity index (χ0) is 9.42. The van der Waals surface area contributed by atoms with Crippen molar-refractivity contribution in [1.29, 1.82) is 0 Å². The van der Waals surface area contributed by atoms with Crippen molar-refractivity contribution in [1.82, 2.24) is 14.8 Å². The molecule has 0 saturated carbocycles. The first-order valence-electron chi connectivity index (χ1n) is 4.01. The Labute approximate surface area is 75.2 Å². The molecule has 0 amide bonds. The van der Waals surface area contributed by atoms with Crippen LogP contribution in [0.4, 0.5) is 0 Å². The zero-order valence-electron chi connectivity index (χ0n) is 7.48. The van der Waals surface area contributed by atoms with Gasteiger partial charge in [-0.1, -0.05) is 0 Å². The number of hydrogen-bond acceptors (Lipinski definition) is 3. The van der Waals surface area contributed by atoms with Crippen LogP contribution in [-0.4, -0.2) is 20.6 Å². The van der Waals surface area contributed by atoms with Crippen molar-refractivity contribution in [2.24, 2.45) is 0 Å². The maximum Gasteiger partial charge on any atom is 0.163 e. The summed E-state index contributed by atoms with van der Waals surface area (Å²) in [4.78, 5) is 11.3. The first kappa shape index (κ1) is 7.91. The summed E-state index contributed by atoms with van der Waals surface area (Å²) >= 11 is 0. The van der Waals surface area contributed by atoms with E-state index in [0.717, 1.165) is 11.2 Å². The molecule has 0 aromatic carbocycles. The fraction of sp³-hybridized carbons (Fsp3) is 0.222. The lowest BCUT2D eigenvalue weighted by molar-refractivity contribution is 0.101. The topological polar surface area (TPSA) is 47.3 Å². The molecule has 2 aromatic heterocycles. The van der Waals surface area contributed by atoms with Gasteiger partial charge in [0.15, 0.2) is 5.78 Å². The molecule has 0 N–H and O–H groups in total. The highest BCUT2D eigenvalue weighted by Crippen LogP contribution is 2.13. The lowest BCUT2D eigenvalue weighted by atomic mass is 10.1. The van der Waals surface area contributed by atoms with Gasteiger partial charge in [-0.2, -0.15) is 14.8 Å². The molecule has 0 aliphatic rings. The summed E-state index contributed by atoms with van der Waals surface area (Å²) < 4.78 is 1.48. The minimum atomic E-state index is 0.0282. The van der Waals surface area contributed by atoms with Gasteiger partial charge >= 0.3 is 0 Å². The molecule has 0 bridgehead atoms. The van der Waals surface area contributed by atoms with E-state index in [1.54, 1.807) is 12.3 Å². The first-order valence-corrected chi connectivity index (χ1v) is 4.01. The zero-order valence-corrected chi connectivity index (χ0v) is 7.48. The summed E-state index contributed by atoms with van der Waals surface area (Å²) in [6.07, 6.45) is 1.64. The normalized spacial score (nSPS) is 10.6. The van der Waals surface area contributed by atoms with Gasteiger partial charge in [0.25, 0.3) is 0 Å². The number of hydrogen-bond donors (Lipinski definition) is 0. The second-order valence-electron chi connectivity index (χ2n) is 2.91. The second kappa shape index (κ2) is 2.65. The number of rotatable bonds is 1. The van der Waals surface area contributed by atoms with E-state index in [0.29, 0.717) is 5.56 Å². The molecular formula is C9H9N3O. The monoisotopic (exact) mass is 175 g/mol. The van der Waals surface area contributed by atoms with E-state index in [1.807, 2.05) is 13.0 Å². The van der Waals surface area contributed by atoms with Crippen LogP contribution < -0.4 is 0 Å². The summed E-state index contributed by atoms with van der Waals surface area (Å²) in [6.45, 7) is 3.35. The van der Waals surface area contributed by atoms with E-state index in [9.17, 15) is 4.79 Å². The fourth-order valence-corrected chi connectivity index (χ4v) is 1.44. The van der Waals surface area contributed by atoms with Gasteiger partial charge in [-0.15, -0.1) is 0 Å².